The molecule has 0 unspecified atom stereocenters. The minimum absolute atomic E-state index is 0.491. The molecule has 0 fully saturated rings. The monoisotopic (exact) mass is 273 g/mol. The molecule has 3 aromatic rings. The van der Waals surface area contributed by atoms with E-state index in [9.17, 15) is 0 Å². The predicted molar refractivity (Wildman–Crippen MR) is 68.1 cm³/mol. The van der Waals surface area contributed by atoms with Gasteiger partial charge in [0.1, 0.15) is 0 Å². The van der Waals surface area contributed by atoms with Crippen molar-refractivity contribution >= 4 is 14.5 Å². The molecule has 3 rings (SSSR count). The zero-order valence-electron chi connectivity index (χ0n) is 8.71. The Labute approximate surface area is 101 Å². The first-order valence-corrected chi connectivity index (χ1v) is 7.06. The second-order valence-corrected chi connectivity index (χ2v) is 5.56. The van der Waals surface area contributed by atoms with Crippen LogP contribution in [-0.4, -0.2) is 19.1 Å². The van der Waals surface area contributed by atoms with Crippen molar-refractivity contribution < 1.29 is 0 Å². The molecule has 2 heterocycles. The van der Waals surface area contributed by atoms with Gasteiger partial charge in [0, 0.05) is 0 Å². The fourth-order valence-corrected chi connectivity index (χ4v) is 3.39. The van der Waals surface area contributed by atoms with Crippen molar-refractivity contribution in [2.45, 2.75) is 0 Å². The molecule has 0 saturated carbocycles. The van der Waals surface area contributed by atoms with Gasteiger partial charge in [0.25, 0.3) is 0 Å². The summed E-state index contributed by atoms with van der Waals surface area (Å²) in [6.45, 7) is 0. The third kappa shape index (κ3) is 1.67. The van der Waals surface area contributed by atoms with Gasteiger partial charge in [0.15, 0.2) is 0 Å². The summed E-state index contributed by atoms with van der Waals surface area (Å²) < 4.78 is 3.70. The molecule has 0 aliphatic rings. The molecule has 0 aliphatic carbocycles. The van der Waals surface area contributed by atoms with Crippen LogP contribution in [0, 0.1) is 0 Å². The van der Waals surface area contributed by atoms with Crippen molar-refractivity contribution in [3.05, 3.63) is 65.7 Å². The summed E-state index contributed by atoms with van der Waals surface area (Å²) >= 11 is 0.491. The Morgan fingerprint density at radius 2 is 1.69 bits per heavy atom. The van der Waals surface area contributed by atoms with Gasteiger partial charge in [-0.05, 0) is 0 Å². The van der Waals surface area contributed by atoms with E-state index in [0.29, 0.717) is 14.5 Å². The molecule has 78 valence electrons. The average Bonchev–Trinajstić information content (AvgIpc) is 3.01. The second kappa shape index (κ2) is 4.17. The number of aromatic nitrogens is 1. The zero-order chi connectivity index (χ0) is 10.8. The van der Waals surface area contributed by atoms with Crippen LogP contribution in [0.3, 0.4) is 0 Å². The van der Waals surface area contributed by atoms with E-state index >= 15 is 0 Å². The van der Waals surface area contributed by atoms with Crippen LogP contribution in [0.25, 0.3) is 15.8 Å². The molecule has 1 nitrogen and oxygen atoms in total. The van der Waals surface area contributed by atoms with E-state index in [1.165, 1.54) is 15.8 Å². The summed E-state index contributed by atoms with van der Waals surface area (Å²) in [7, 11) is 0. The third-order valence-electron chi connectivity index (χ3n) is 2.56. The first kappa shape index (κ1) is 9.71. The SMILES string of the molecule is c1ccc(-n2cccc2-c2ccc[se]2)cc1. The molecule has 0 atom stereocenters. The van der Waals surface area contributed by atoms with Crippen LogP contribution < -0.4 is 0 Å². The Morgan fingerprint density at radius 3 is 2.44 bits per heavy atom. The van der Waals surface area contributed by atoms with Gasteiger partial charge < -0.3 is 0 Å². The number of nitrogens with zero attached hydrogens (tertiary/aromatic N) is 1. The van der Waals surface area contributed by atoms with E-state index in [2.05, 4.69) is 64.2 Å². The standard InChI is InChI=1S/C14H11NSe/c1-2-6-12(7-3-1)15-10-4-8-13(15)14-9-5-11-16-14/h1-11H. The van der Waals surface area contributed by atoms with Gasteiger partial charge >= 0.3 is 101 Å². The van der Waals surface area contributed by atoms with Gasteiger partial charge in [-0.15, -0.1) is 0 Å². The van der Waals surface area contributed by atoms with E-state index in [0.717, 1.165) is 0 Å². The Balaban J connectivity index is 2.14. The maximum atomic E-state index is 2.25. The number of rotatable bonds is 2. The molecule has 1 aromatic carbocycles. The van der Waals surface area contributed by atoms with Crippen LogP contribution in [0.1, 0.15) is 0 Å². The summed E-state index contributed by atoms with van der Waals surface area (Å²) in [4.78, 5) is 2.25. The van der Waals surface area contributed by atoms with E-state index in [4.69, 9.17) is 0 Å². The van der Waals surface area contributed by atoms with Crippen molar-refractivity contribution in [1.82, 2.24) is 4.57 Å². The van der Waals surface area contributed by atoms with Crippen LogP contribution in [0.5, 0.6) is 0 Å². The summed E-state index contributed by atoms with van der Waals surface area (Å²) in [5.41, 5.74) is 2.54. The van der Waals surface area contributed by atoms with Crippen LogP contribution in [-0.2, 0) is 0 Å². The molecule has 0 saturated heterocycles. The van der Waals surface area contributed by atoms with Crippen LogP contribution in [0.4, 0.5) is 0 Å². The van der Waals surface area contributed by atoms with Crippen molar-refractivity contribution in [2.75, 3.05) is 0 Å². The van der Waals surface area contributed by atoms with Gasteiger partial charge in [0.2, 0.25) is 0 Å². The second-order valence-electron chi connectivity index (χ2n) is 3.58. The normalized spacial score (nSPS) is 10.5. The molecule has 0 amide bonds. The fraction of sp³-hybridized carbons (Fsp3) is 0. The van der Waals surface area contributed by atoms with Crippen molar-refractivity contribution in [3.8, 4) is 15.8 Å². The molecule has 2 aromatic heterocycles. The first-order valence-electron chi connectivity index (χ1n) is 5.22. The zero-order valence-corrected chi connectivity index (χ0v) is 10.4. The van der Waals surface area contributed by atoms with E-state index in [1.807, 2.05) is 6.07 Å². The van der Waals surface area contributed by atoms with E-state index in [-0.39, 0.29) is 0 Å². The minimum atomic E-state index is 0.491. The maximum absolute atomic E-state index is 2.25. The Hall–Kier alpha value is -1.50. The van der Waals surface area contributed by atoms with Crippen LogP contribution in [0.15, 0.2) is 65.7 Å². The molecular formula is C14H11NSe. The van der Waals surface area contributed by atoms with Crippen LogP contribution >= 0.6 is 0 Å². The number of benzene rings is 1. The van der Waals surface area contributed by atoms with Gasteiger partial charge in [-0.2, -0.15) is 0 Å². The topological polar surface area (TPSA) is 4.93 Å². The number of hydrogen-bond acceptors (Lipinski definition) is 0. The molecule has 0 bridgehead atoms. The van der Waals surface area contributed by atoms with Crippen LogP contribution in [0.2, 0.25) is 0 Å². The molecule has 16 heavy (non-hydrogen) atoms. The van der Waals surface area contributed by atoms with Crippen molar-refractivity contribution in [2.24, 2.45) is 0 Å². The fourth-order valence-electron chi connectivity index (χ4n) is 1.82. The summed E-state index contributed by atoms with van der Waals surface area (Å²) in [6.07, 6.45) is 2.12. The van der Waals surface area contributed by atoms with Gasteiger partial charge in [-0.1, -0.05) is 0 Å². The Morgan fingerprint density at radius 1 is 0.812 bits per heavy atom. The Kier molecular flexibility index (Phi) is 2.53. The molecule has 0 aliphatic heterocycles. The summed E-state index contributed by atoms with van der Waals surface area (Å²) in [5, 5.41) is 0. The van der Waals surface area contributed by atoms with Gasteiger partial charge in [0.05, 0.1) is 0 Å². The van der Waals surface area contributed by atoms with Crippen molar-refractivity contribution in [1.29, 1.82) is 0 Å². The number of hydrogen-bond donors (Lipinski definition) is 0. The third-order valence-corrected chi connectivity index (χ3v) is 4.43. The van der Waals surface area contributed by atoms with E-state index in [1.54, 1.807) is 0 Å². The quantitative estimate of drug-likeness (QED) is 0.631. The van der Waals surface area contributed by atoms with Crippen molar-refractivity contribution in [3.63, 3.8) is 0 Å². The predicted octanol–water partition coefficient (Wildman–Crippen LogP) is 3.20. The van der Waals surface area contributed by atoms with Gasteiger partial charge in [-0.25, -0.2) is 0 Å². The molecule has 0 spiro atoms. The molecule has 2 heteroatoms. The summed E-state index contributed by atoms with van der Waals surface area (Å²) in [6, 6.07) is 19.1. The number of para-hydroxylation sites is 1. The first-order chi connectivity index (χ1) is 7.95. The average molecular weight is 272 g/mol. The molecular weight excluding hydrogens is 261 g/mol. The Bertz CT molecular complexity index is 564. The molecule has 0 radical (unpaired) electrons. The van der Waals surface area contributed by atoms with Gasteiger partial charge in [-0.3, -0.25) is 0 Å². The van der Waals surface area contributed by atoms with E-state index < -0.39 is 0 Å². The molecule has 0 N–H and O–H groups in total. The summed E-state index contributed by atoms with van der Waals surface area (Å²) in [5.74, 6) is 0.